The van der Waals surface area contributed by atoms with Crippen molar-refractivity contribution in [2.24, 2.45) is 0 Å². The molecule has 2 aromatic rings. The van der Waals surface area contributed by atoms with Crippen LogP contribution in [0.5, 0.6) is 0 Å². The minimum Gasteiger partial charge on any atom is -0.302 e. The molecule has 22 heavy (non-hydrogen) atoms. The van der Waals surface area contributed by atoms with Crippen LogP contribution >= 0.6 is 27.3 Å². The van der Waals surface area contributed by atoms with Gasteiger partial charge < -0.3 is 5.32 Å². The maximum atomic E-state index is 11.9. The quantitative estimate of drug-likeness (QED) is 0.825. The first-order valence-corrected chi connectivity index (χ1v) is 8.33. The van der Waals surface area contributed by atoms with E-state index in [1.807, 2.05) is 18.2 Å². The highest BCUT2D eigenvalue weighted by Crippen LogP contribution is 2.28. The van der Waals surface area contributed by atoms with Gasteiger partial charge in [-0.1, -0.05) is 27.3 Å². The van der Waals surface area contributed by atoms with Crippen LogP contribution in [0.15, 0.2) is 22.7 Å². The fourth-order valence-electron chi connectivity index (χ4n) is 2.22. The molecule has 1 N–H and O–H groups in total. The van der Waals surface area contributed by atoms with Gasteiger partial charge >= 0.3 is 0 Å². The topological polar surface area (TPSA) is 79.4 Å². The molecule has 1 aromatic carbocycles. The van der Waals surface area contributed by atoms with Crippen LogP contribution in [-0.2, 0) is 14.4 Å². The zero-order valence-corrected chi connectivity index (χ0v) is 13.9. The van der Waals surface area contributed by atoms with Gasteiger partial charge in [-0.3, -0.25) is 19.3 Å². The average Bonchev–Trinajstić information content (AvgIpc) is 3.00. The van der Waals surface area contributed by atoms with Crippen LogP contribution in [0.3, 0.4) is 0 Å². The van der Waals surface area contributed by atoms with E-state index in [1.54, 1.807) is 0 Å². The van der Waals surface area contributed by atoms with E-state index in [2.05, 4.69) is 26.2 Å². The van der Waals surface area contributed by atoms with Crippen LogP contribution in [0.4, 0.5) is 5.13 Å². The lowest BCUT2D eigenvalue weighted by molar-refractivity contribution is -0.138. The van der Waals surface area contributed by atoms with Crippen LogP contribution in [0.2, 0.25) is 0 Å². The van der Waals surface area contributed by atoms with E-state index in [1.165, 1.54) is 11.3 Å². The van der Waals surface area contributed by atoms with Gasteiger partial charge in [-0.05, 0) is 18.2 Å². The molecule has 1 aliphatic heterocycles. The summed E-state index contributed by atoms with van der Waals surface area (Å²) in [5.41, 5.74) is 0.813. The number of anilines is 1. The summed E-state index contributed by atoms with van der Waals surface area (Å²) in [4.78, 5) is 40.3. The zero-order valence-electron chi connectivity index (χ0n) is 11.5. The molecule has 3 amide bonds. The van der Waals surface area contributed by atoms with Crippen molar-refractivity contribution < 1.29 is 14.4 Å². The van der Waals surface area contributed by atoms with Crippen molar-refractivity contribution in [1.82, 2.24) is 9.88 Å². The van der Waals surface area contributed by atoms with E-state index >= 15 is 0 Å². The molecule has 1 fully saturated rings. The lowest BCUT2D eigenvalue weighted by Gasteiger charge is -2.12. The van der Waals surface area contributed by atoms with Crippen LogP contribution in [-0.4, -0.2) is 34.2 Å². The molecule has 1 aromatic heterocycles. The summed E-state index contributed by atoms with van der Waals surface area (Å²) in [7, 11) is 0. The monoisotopic (exact) mass is 381 g/mol. The van der Waals surface area contributed by atoms with Crippen molar-refractivity contribution in [1.29, 1.82) is 0 Å². The zero-order chi connectivity index (χ0) is 15.7. The van der Waals surface area contributed by atoms with E-state index in [0.717, 1.165) is 19.6 Å². The number of imide groups is 1. The Bertz CT molecular complexity index is 758. The molecule has 0 spiro atoms. The minimum atomic E-state index is -0.259. The molecular weight excluding hydrogens is 370 g/mol. The van der Waals surface area contributed by atoms with E-state index in [4.69, 9.17) is 0 Å². The van der Waals surface area contributed by atoms with E-state index in [0.29, 0.717) is 5.13 Å². The molecular formula is C14H12BrN3O3S. The number of fused-ring (bicyclic) bond motifs is 1. The molecule has 8 heteroatoms. The standard InChI is InChI=1S/C14H12BrN3O3S/c15-8-1-2-9-10(7-8)22-14(16-9)17-11(19)5-6-18-12(20)3-4-13(18)21/h1-2,7H,3-6H2,(H,16,17,19). The van der Waals surface area contributed by atoms with Crippen LogP contribution < -0.4 is 5.32 Å². The highest BCUT2D eigenvalue weighted by Gasteiger charge is 2.28. The number of likely N-dealkylation sites (tertiary alicyclic amines) is 1. The maximum absolute atomic E-state index is 11.9. The molecule has 1 aliphatic rings. The number of carbonyl (C=O) groups excluding carboxylic acids is 3. The Kier molecular flexibility index (Phi) is 4.21. The number of carbonyl (C=O) groups is 3. The second kappa shape index (κ2) is 6.13. The smallest absolute Gasteiger partial charge is 0.229 e. The molecule has 0 saturated carbocycles. The Morgan fingerprint density at radius 3 is 2.77 bits per heavy atom. The highest BCUT2D eigenvalue weighted by molar-refractivity contribution is 9.10. The number of aromatic nitrogens is 1. The van der Waals surface area contributed by atoms with Gasteiger partial charge in [0.05, 0.1) is 10.2 Å². The molecule has 0 aliphatic carbocycles. The Hall–Kier alpha value is -1.80. The Balaban J connectivity index is 1.61. The molecule has 3 rings (SSSR count). The van der Waals surface area contributed by atoms with Crippen molar-refractivity contribution >= 4 is 60.3 Å². The van der Waals surface area contributed by atoms with Gasteiger partial charge in [-0.15, -0.1) is 0 Å². The van der Waals surface area contributed by atoms with Gasteiger partial charge in [-0.25, -0.2) is 4.98 Å². The number of halogens is 1. The highest BCUT2D eigenvalue weighted by atomic mass is 79.9. The van der Waals surface area contributed by atoms with E-state index in [-0.39, 0.29) is 43.5 Å². The lowest BCUT2D eigenvalue weighted by Crippen LogP contribution is -2.32. The number of hydrogen-bond donors (Lipinski definition) is 1. The Labute approximate surface area is 138 Å². The molecule has 1 saturated heterocycles. The fourth-order valence-corrected chi connectivity index (χ4v) is 3.65. The van der Waals surface area contributed by atoms with Crippen LogP contribution in [0.1, 0.15) is 19.3 Å². The summed E-state index contributed by atoms with van der Waals surface area (Å²) in [5, 5.41) is 3.22. The maximum Gasteiger partial charge on any atom is 0.229 e. The minimum absolute atomic E-state index is 0.0805. The van der Waals surface area contributed by atoms with Crippen LogP contribution in [0, 0.1) is 0 Å². The predicted molar refractivity (Wildman–Crippen MR) is 86.5 cm³/mol. The summed E-state index contributed by atoms with van der Waals surface area (Å²) in [6.45, 7) is 0.125. The summed E-state index contributed by atoms with van der Waals surface area (Å²) in [6, 6.07) is 5.69. The molecule has 114 valence electrons. The second-order valence-electron chi connectivity index (χ2n) is 4.87. The first kappa shape index (κ1) is 15.1. The first-order chi connectivity index (χ1) is 10.5. The van der Waals surface area contributed by atoms with Gasteiger partial charge in [0.1, 0.15) is 0 Å². The molecule has 2 heterocycles. The summed E-state index contributed by atoms with van der Waals surface area (Å²) in [5.74, 6) is -0.670. The molecule has 0 unspecified atom stereocenters. The number of amides is 3. The average molecular weight is 382 g/mol. The third-order valence-electron chi connectivity index (χ3n) is 3.31. The van der Waals surface area contributed by atoms with E-state index < -0.39 is 0 Å². The second-order valence-corrected chi connectivity index (χ2v) is 6.81. The van der Waals surface area contributed by atoms with Gasteiger partial charge in [0.25, 0.3) is 0 Å². The van der Waals surface area contributed by atoms with Crippen molar-refractivity contribution in [2.75, 3.05) is 11.9 Å². The summed E-state index contributed by atoms with van der Waals surface area (Å²) >= 11 is 4.77. The molecule has 0 radical (unpaired) electrons. The van der Waals surface area contributed by atoms with Crippen molar-refractivity contribution in [3.8, 4) is 0 Å². The SMILES string of the molecule is O=C(CCN1C(=O)CCC1=O)Nc1nc2ccc(Br)cc2s1. The normalized spacial score (nSPS) is 14.9. The summed E-state index contributed by atoms with van der Waals surface area (Å²) < 4.78 is 1.92. The Morgan fingerprint density at radius 1 is 1.32 bits per heavy atom. The number of nitrogens with one attached hydrogen (secondary N) is 1. The van der Waals surface area contributed by atoms with Gasteiger partial charge in [0, 0.05) is 30.3 Å². The fraction of sp³-hybridized carbons (Fsp3) is 0.286. The number of benzene rings is 1. The van der Waals surface area contributed by atoms with Gasteiger partial charge in [0.2, 0.25) is 17.7 Å². The molecule has 0 bridgehead atoms. The van der Waals surface area contributed by atoms with Crippen molar-refractivity contribution in [3.63, 3.8) is 0 Å². The van der Waals surface area contributed by atoms with Gasteiger partial charge in [-0.2, -0.15) is 0 Å². The van der Waals surface area contributed by atoms with E-state index in [9.17, 15) is 14.4 Å². The first-order valence-electron chi connectivity index (χ1n) is 6.72. The van der Waals surface area contributed by atoms with Crippen molar-refractivity contribution in [3.05, 3.63) is 22.7 Å². The largest absolute Gasteiger partial charge is 0.302 e. The lowest BCUT2D eigenvalue weighted by atomic mass is 10.3. The number of hydrogen-bond acceptors (Lipinski definition) is 5. The summed E-state index contributed by atoms with van der Waals surface area (Å²) in [6.07, 6.45) is 0.567. The Morgan fingerprint density at radius 2 is 2.05 bits per heavy atom. The molecule has 6 nitrogen and oxygen atoms in total. The van der Waals surface area contributed by atoms with Crippen LogP contribution in [0.25, 0.3) is 10.2 Å². The molecule has 0 atom stereocenters. The third-order valence-corrected chi connectivity index (χ3v) is 4.74. The number of thiazole rings is 1. The number of rotatable bonds is 4. The van der Waals surface area contributed by atoms with Gasteiger partial charge in [0.15, 0.2) is 5.13 Å². The predicted octanol–water partition coefficient (Wildman–Crippen LogP) is 2.54. The number of nitrogens with zero attached hydrogens (tertiary/aromatic N) is 2. The van der Waals surface area contributed by atoms with Crippen molar-refractivity contribution in [2.45, 2.75) is 19.3 Å². The third kappa shape index (κ3) is 3.17.